The van der Waals surface area contributed by atoms with Gasteiger partial charge in [-0.25, -0.2) is 0 Å². The second-order valence-corrected chi connectivity index (χ2v) is 5.75. The largest absolute Gasteiger partial charge is 0.367 e. The Bertz CT molecular complexity index is 411. The Kier molecular flexibility index (Phi) is 2.07. The highest BCUT2D eigenvalue weighted by Crippen LogP contribution is 2.56. The molecule has 0 bridgehead atoms. The van der Waals surface area contributed by atoms with E-state index < -0.39 is 0 Å². The summed E-state index contributed by atoms with van der Waals surface area (Å²) >= 11 is 3.87. The topological polar surface area (TPSA) is 15.8 Å². The summed E-state index contributed by atoms with van der Waals surface area (Å²) in [6, 6.07) is 10.7. The zero-order valence-corrected chi connectivity index (χ0v) is 9.07. The number of benzene rings is 1. The first-order valence-electron chi connectivity index (χ1n) is 4.48. The third kappa shape index (κ3) is 1.37. The lowest BCUT2D eigenvalue weighted by Gasteiger charge is -2.02. The van der Waals surface area contributed by atoms with Crippen molar-refractivity contribution in [3.63, 3.8) is 0 Å². The summed E-state index contributed by atoms with van der Waals surface area (Å²) in [7, 11) is 0. The van der Waals surface area contributed by atoms with Gasteiger partial charge >= 0.3 is 0 Å². The average molecular weight is 219 g/mol. The molecule has 0 radical (unpaired) electrons. The lowest BCUT2D eigenvalue weighted by molar-refractivity contribution is 1.27. The van der Waals surface area contributed by atoms with Gasteiger partial charge in [-0.1, -0.05) is 12.1 Å². The molecule has 0 saturated heterocycles. The Balaban J connectivity index is 1.92. The highest BCUT2D eigenvalue weighted by atomic mass is 32.2. The Labute approximate surface area is 91.3 Å². The normalized spacial score (nSPS) is 15.7. The van der Waals surface area contributed by atoms with Crippen LogP contribution in [0.15, 0.2) is 52.5 Å². The van der Waals surface area contributed by atoms with Gasteiger partial charge < -0.3 is 4.98 Å². The zero-order chi connectivity index (χ0) is 9.38. The van der Waals surface area contributed by atoms with Crippen molar-refractivity contribution < 1.29 is 0 Å². The van der Waals surface area contributed by atoms with Crippen LogP contribution in [0.1, 0.15) is 10.1 Å². The molecule has 1 aliphatic rings. The van der Waals surface area contributed by atoms with Crippen molar-refractivity contribution >= 4 is 23.5 Å². The van der Waals surface area contributed by atoms with Crippen LogP contribution in [0.25, 0.3) is 0 Å². The number of aromatic nitrogens is 1. The molecule has 0 amide bonds. The molecular formula is C11H9NS2. The van der Waals surface area contributed by atoms with Gasteiger partial charge in [0.1, 0.15) is 0 Å². The van der Waals surface area contributed by atoms with Crippen LogP contribution in [-0.4, -0.2) is 4.98 Å². The highest BCUT2D eigenvalue weighted by Gasteiger charge is 2.23. The SMILES string of the molecule is c1ccc2c(c1)SC(c1cc[nH]c1)S2. The van der Waals surface area contributed by atoms with Gasteiger partial charge in [0.15, 0.2) is 0 Å². The number of rotatable bonds is 1. The molecule has 3 heteroatoms. The first kappa shape index (κ1) is 8.50. The molecule has 1 nitrogen and oxygen atoms in total. The van der Waals surface area contributed by atoms with Crippen LogP contribution in [-0.2, 0) is 0 Å². The van der Waals surface area contributed by atoms with E-state index >= 15 is 0 Å². The van der Waals surface area contributed by atoms with Crippen LogP contribution >= 0.6 is 23.5 Å². The summed E-state index contributed by atoms with van der Waals surface area (Å²) in [4.78, 5) is 5.92. The summed E-state index contributed by atoms with van der Waals surface area (Å²) in [5.41, 5.74) is 1.37. The van der Waals surface area contributed by atoms with Crippen molar-refractivity contribution in [3.8, 4) is 0 Å². The Hall–Kier alpha value is -0.800. The summed E-state index contributed by atoms with van der Waals surface area (Å²) in [6.07, 6.45) is 4.07. The monoisotopic (exact) mass is 219 g/mol. The van der Waals surface area contributed by atoms with Crippen LogP contribution in [0.5, 0.6) is 0 Å². The van der Waals surface area contributed by atoms with E-state index in [2.05, 4.69) is 41.5 Å². The first-order chi connectivity index (χ1) is 6.93. The molecule has 1 aromatic heterocycles. The molecule has 0 fully saturated rings. The van der Waals surface area contributed by atoms with E-state index in [0.29, 0.717) is 4.58 Å². The molecule has 70 valence electrons. The fraction of sp³-hybridized carbons (Fsp3) is 0.0909. The van der Waals surface area contributed by atoms with E-state index in [1.165, 1.54) is 15.4 Å². The molecule has 1 N–H and O–H groups in total. The van der Waals surface area contributed by atoms with Crippen molar-refractivity contribution in [2.75, 3.05) is 0 Å². The van der Waals surface area contributed by atoms with Gasteiger partial charge in [0.25, 0.3) is 0 Å². The number of nitrogens with one attached hydrogen (secondary N) is 1. The van der Waals surface area contributed by atoms with Gasteiger partial charge in [-0.2, -0.15) is 0 Å². The minimum Gasteiger partial charge on any atom is -0.367 e. The van der Waals surface area contributed by atoms with Crippen molar-refractivity contribution in [1.82, 2.24) is 4.98 Å². The second-order valence-electron chi connectivity index (χ2n) is 3.16. The van der Waals surface area contributed by atoms with E-state index in [9.17, 15) is 0 Å². The van der Waals surface area contributed by atoms with E-state index in [-0.39, 0.29) is 0 Å². The van der Waals surface area contributed by atoms with Gasteiger partial charge in [0.2, 0.25) is 0 Å². The summed E-state index contributed by atoms with van der Waals surface area (Å²) in [5, 5.41) is 0. The van der Waals surface area contributed by atoms with Crippen molar-refractivity contribution in [2.45, 2.75) is 14.4 Å². The molecule has 2 aromatic rings. The van der Waals surface area contributed by atoms with Crippen molar-refractivity contribution in [3.05, 3.63) is 48.3 Å². The summed E-state index contributed by atoms with van der Waals surface area (Å²) in [6.45, 7) is 0. The number of hydrogen-bond acceptors (Lipinski definition) is 2. The zero-order valence-electron chi connectivity index (χ0n) is 7.44. The standard InChI is InChI=1S/C11H9NS2/c1-2-4-10-9(3-1)13-11(14-10)8-5-6-12-7-8/h1-7,11-12H. The maximum absolute atomic E-state index is 3.11. The van der Waals surface area contributed by atoms with Crippen molar-refractivity contribution in [1.29, 1.82) is 0 Å². The molecule has 1 aromatic carbocycles. The Morgan fingerprint density at radius 1 is 1.00 bits per heavy atom. The van der Waals surface area contributed by atoms with Gasteiger partial charge in [-0.3, -0.25) is 0 Å². The molecule has 0 aliphatic carbocycles. The van der Waals surface area contributed by atoms with Crippen molar-refractivity contribution in [2.24, 2.45) is 0 Å². The molecule has 1 aliphatic heterocycles. The molecule has 0 unspecified atom stereocenters. The minimum atomic E-state index is 0.527. The molecule has 2 heterocycles. The molecule has 14 heavy (non-hydrogen) atoms. The van der Waals surface area contributed by atoms with Gasteiger partial charge in [0.05, 0.1) is 4.58 Å². The molecule has 3 rings (SSSR count). The lowest BCUT2D eigenvalue weighted by atomic mass is 10.4. The van der Waals surface area contributed by atoms with Crippen LogP contribution in [0.2, 0.25) is 0 Å². The van der Waals surface area contributed by atoms with Gasteiger partial charge in [-0.15, -0.1) is 23.5 Å². The molecule has 0 atom stereocenters. The number of fused-ring (bicyclic) bond motifs is 1. The third-order valence-electron chi connectivity index (χ3n) is 2.21. The van der Waals surface area contributed by atoms with Crippen LogP contribution in [0.3, 0.4) is 0 Å². The molecular weight excluding hydrogens is 210 g/mol. The lowest BCUT2D eigenvalue weighted by Crippen LogP contribution is -1.78. The predicted molar refractivity (Wildman–Crippen MR) is 61.7 cm³/mol. The van der Waals surface area contributed by atoms with Gasteiger partial charge in [-0.05, 0) is 23.8 Å². The maximum atomic E-state index is 3.11. The summed E-state index contributed by atoms with van der Waals surface area (Å²) < 4.78 is 0.527. The molecule has 0 spiro atoms. The number of aromatic amines is 1. The Morgan fingerprint density at radius 3 is 2.29 bits per heavy atom. The molecule has 0 saturated carbocycles. The minimum absolute atomic E-state index is 0.527. The number of H-pyrrole nitrogens is 1. The number of hydrogen-bond donors (Lipinski definition) is 1. The second kappa shape index (κ2) is 3.41. The van der Waals surface area contributed by atoms with E-state index in [0.717, 1.165) is 0 Å². The van der Waals surface area contributed by atoms with E-state index in [1.54, 1.807) is 0 Å². The highest BCUT2D eigenvalue weighted by molar-refractivity contribution is 8.18. The number of thioether (sulfide) groups is 2. The Morgan fingerprint density at radius 2 is 1.71 bits per heavy atom. The maximum Gasteiger partial charge on any atom is 0.0860 e. The summed E-state index contributed by atoms with van der Waals surface area (Å²) in [5.74, 6) is 0. The van der Waals surface area contributed by atoms with E-state index in [1.807, 2.05) is 29.7 Å². The van der Waals surface area contributed by atoms with Crippen LogP contribution < -0.4 is 0 Å². The first-order valence-corrected chi connectivity index (χ1v) is 6.24. The fourth-order valence-corrected chi connectivity index (χ4v) is 4.33. The fourth-order valence-electron chi connectivity index (χ4n) is 1.52. The average Bonchev–Trinajstić information content (AvgIpc) is 2.86. The smallest absolute Gasteiger partial charge is 0.0860 e. The predicted octanol–water partition coefficient (Wildman–Crippen LogP) is 3.91. The van der Waals surface area contributed by atoms with Gasteiger partial charge in [0, 0.05) is 22.2 Å². The quantitative estimate of drug-likeness (QED) is 0.782. The van der Waals surface area contributed by atoms with Crippen LogP contribution in [0.4, 0.5) is 0 Å². The third-order valence-corrected chi connectivity index (χ3v) is 5.11. The van der Waals surface area contributed by atoms with Crippen LogP contribution in [0, 0.1) is 0 Å². The van der Waals surface area contributed by atoms with E-state index in [4.69, 9.17) is 0 Å².